The van der Waals surface area contributed by atoms with E-state index < -0.39 is 21.3 Å². The second-order valence-electron chi connectivity index (χ2n) is 17.6. The highest BCUT2D eigenvalue weighted by Crippen LogP contribution is 2.53. The zero-order valence-electron chi connectivity index (χ0n) is 29.7. The number of rotatable bonds is 4. The Hall–Kier alpha value is -0.820. The van der Waals surface area contributed by atoms with Crippen molar-refractivity contribution in [3.8, 4) is 0 Å². The molecule has 6 fully saturated rings. The fraction of sp³-hybridized carbons (Fsp3) is 0.971. The molecule has 0 aromatic heterocycles. The third-order valence-electron chi connectivity index (χ3n) is 12.9. The highest BCUT2D eigenvalue weighted by molar-refractivity contribution is 7.90. The van der Waals surface area contributed by atoms with Crippen molar-refractivity contribution in [2.75, 3.05) is 46.4 Å². The topological polar surface area (TPSA) is 106 Å². The smallest absolute Gasteiger partial charge is 0.251 e. The van der Waals surface area contributed by atoms with E-state index in [1.165, 1.54) is 12.8 Å². The summed E-state index contributed by atoms with van der Waals surface area (Å²) in [5, 5.41) is 7.07. The van der Waals surface area contributed by atoms with E-state index >= 15 is 0 Å². The minimum absolute atomic E-state index is 0.0351. The highest BCUT2D eigenvalue weighted by atomic mass is 32.2. The summed E-state index contributed by atoms with van der Waals surface area (Å²) >= 11 is 0. The number of carbonyl (C=O) groups excluding carboxylic acids is 1. The van der Waals surface area contributed by atoms with Crippen molar-refractivity contribution in [2.45, 2.75) is 147 Å². The van der Waals surface area contributed by atoms with Crippen molar-refractivity contribution in [2.24, 2.45) is 22.7 Å². The Kier molecular flexibility index (Phi) is 10.3. The third kappa shape index (κ3) is 7.22. The Labute approximate surface area is 279 Å². The molecule has 6 rings (SSSR count). The number of nitrogens with zero attached hydrogens (tertiary/aromatic N) is 3. The fourth-order valence-corrected chi connectivity index (χ4v) is 11.9. The molecular formula is C35H64N6O4S. The zero-order chi connectivity index (χ0) is 32.9. The second-order valence-corrected chi connectivity index (χ2v) is 19.4. The fourth-order valence-electron chi connectivity index (χ4n) is 10.2. The molecular weight excluding hydrogens is 600 g/mol. The van der Waals surface area contributed by atoms with Crippen LogP contribution in [0.4, 0.5) is 0 Å². The van der Waals surface area contributed by atoms with Gasteiger partial charge in [0.05, 0.1) is 24.9 Å². The van der Waals surface area contributed by atoms with Gasteiger partial charge in [-0.15, -0.1) is 0 Å². The van der Waals surface area contributed by atoms with E-state index in [9.17, 15) is 13.2 Å². The van der Waals surface area contributed by atoms with Gasteiger partial charge in [-0.25, -0.2) is 8.42 Å². The molecule has 10 nitrogen and oxygen atoms in total. The molecule has 6 aliphatic rings. The van der Waals surface area contributed by atoms with E-state index in [4.69, 9.17) is 4.74 Å². The van der Waals surface area contributed by atoms with E-state index in [1.54, 1.807) is 7.11 Å². The molecule has 4 bridgehead atoms. The Morgan fingerprint density at radius 1 is 0.978 bits per heavy atom. The van der Waals surface area contributed by atoms with Crippen molar-refractivity contribution in [3.05, 3.63) is 0 Å². The molecule has 1 spiro atoms. The Morgan fingerprint density at radius 3 is 2.41 bits per heavy atom. The van der Waals surface area contributed by atoms with Gasteiger partial charge in [0.25, 0.3) is 10.0 Å². The predicted molar refractivity (Wildman–Crippen MR) is 182 cm³/mol. The number of amides is 1. The first kappa shape index (κ1) is 35.0. The standard InChI is InChI=1S/C35H64N6O4S/c1-33(2,3)28-13-12-27-31(37-28)40-24-25(21-34(40,4)5)9-8-16-36-29-10-7-11-30(46(43,44)38-32(27)42)41(29)26-22-35(23-26)14-17-39(18-15-35)19-20-45-6/h25-31,36-37H,7-24H2,1-6H3,(H,38,42)/t25-,27?,28?,29?,30?,31?/m0/s1. The van der Waals surface area contributed by atoms with Crippen LogP contribution in [0.5, 0.6) is 0 Å². The van der Waals surface area contributed by atoms with Crippen LogP contribution in [0.2, 0.25) is 0 Å². The van der Waals surface area contributed by atoms with Crippen molar-refractivity contribution in [3.63, 3.8) is 0 Å². The maximum absolute atomic E-state index is 14.4. The summed E-state index contributed by atoms with van der Waals surface area (Å²) in [6.45, 7) is 17.2. The molecule has 1 saturated carbocycles. The minimum Gasteiger partial charge on any atom is -0.383 e. The maximum atomic E-state index is 14.4. The SMILES string of the molecule is COCCN1CCC2(CC1)CC(N1C3CCCC1S(=O)(=O)NC(=O)C1CCC(C(C)(C)C)NC1N1C[C@@H](CCCN3)CC1(C)C)C2. The first-order valence-electron chi connectivity index (χ1n) is 18.5. The molecule has 5 heterocycles. The zero-order valence-corrected chi connectivity index (χ0v) is 30.5. The monoisotopic (exact) mass is 664 g/mol. The van der Waals surface area contributed by atoms with Crippen molar-refractivity contribution in [1.29, 1.82) is 0 Å². The van der Waals surface area contributed by atoms with Gasteiger partial charge in [0, 0.05) is 37.8 Å². The number of hydrogen-bond donors (Lipinski definition) is 3. The van der Waals surface area contributed by atoms with Gasteiger partial charge in [0.1, 0.15) is 5.37 Å². The van der Waals surface area contributed by atoms with Gasteiger partial charge in [-0.3, -0.25) is 24.6 Å². The van der Waals surface area contributed by atoms with Crippen LogP contribution in [0.1, 0.15) is 112 Å². The van der Waals surface area contributed by atoms with Crippen molar-refractivity contribution < 1.29 is 17.9 Å². The Bertz CT molecular complexity index is 1170. The number of piperidine rings is 3. The number of methoxy groups -OCH3 is 1. The predicted octanol–water partition coefficient (Wildman–Crippen LogP) is 3.69. The molecule has 46 heavy (non-hydrogen) atoms. The molecule has 5 saturated heterocycles. The number of ether oxygens (including phenoxy) is 1. The van der Waals surface area contributed by atoms with Gasteiger partial charge >= 0.3 is 0 Å². The van der Waals surface area contributed by atoms with Crippen LogP contribution in [0.15, 0.2) is 0 Å². The largest absolute Gasteiger partial charge is 0.383 e. The number of sulfonamides is 1. The molecule has 1 aliphatic carbocycles. The molecule has 7 atom stereocenters. The van der Waals surface area contributed by atoms with Gasteiger partial charge in [0.2, 0.25) is 5.91 Å². The van der Waals surface area contributed by atoms with Gasteiger partial charge in [-0.2, -0.15) is 0 Å². The summed E-state index contributed by atoms with van der Waals surface area (Å²) in [5.74, 6) is -0.150. The molecule has 3 N–H and O–H groups in total. The number of likely N-dealkylation sites (tertiary alicyclic amines) is 1. The van der Waals surface area contributed by atoms with Crippen LogP contribution in [-0.4, -0.2) is 111 Å². The second kappa shape index (κ2) is 13.5. The number of nitrogens with one attached hydrogen (secondary N) is 3. The van der Waals surface area contributed by atoms with Crippen LogP contribution >= 0.6 is 0 Å². The van der Waals surface area contributed by atoms with Crippen molar-refractivity contribution >= 4 is 15.9 Å². The number of fused-ring (bicyclic) bond motifs is 6. The summed E-state index contributed by atoms with van der Waals surface area (Å²) in [4.78, 5) is 21.5. The lowest BCUT2D eigenvalue weighted by Crippen LogP contribution is -2.67. The molecule has 5 aliphatic heterocycles. The van der Waals surface area contributed by atoms with Crippen molar-refractivity contribution in [1.82, 2.24) is 30.1 Å². The average Bonchev–Trinajstić information content (AvgIpc) is 3.29. The summed E-state index contributed by atoms with van der Waals surface area (Å²) < 4.78 is 36.7. The van der Waals surface area contributed by atoms with E-state index in [2.05, 4.69) is 64.7 Å². The number of hydrogen-bond acceptors (Lipinski definition) is 9. The quantitative estimate of drug-likeness (QED) is 0.415. The van der Waals surface area contributed by atoms with Crippen LogP contribution in [0, 0.1) is 22.7 Å². The first-order valence-corrected chi connectivity index (χ1v) is 20.1. The molecule has 6 unspecified atom stereocenters. The lowest BCUT2D eigenvalue weighted by atomic mass is 9.59. The molecule has 264 valence electrons. The van der Waals surface area contributed by atoms with Gasteiger partial charge < -0.3 is 15.0 Å². The van der Waals surface area contributed by atoms with Gasteiger partial charge in [-0.1, -0.05) is 20.8 Å². The van der Waals surface area contributed by atoms with E-state index in [-0.39, 0.29) is 41.3 Å². The summed E-state index contributed by atoms with van der Waals surface area (Å²) in [5.41, 5.74) is 0.312. The Balaban J connectivity index is 1.23. The molecule has 11 heteroatoms. The third-order valence-corrected chi connectivity index (χ3v) is 14.6. The minimum atomic E-state index is -3.91. The van der Waals surface area contributed by atoms with Crippen LogP contribution in [0.25, 0.3) is 0 Å². The lowest BCUT2D eigenvalue weighted by molar-refractivity contribution is -0.129. The van der Waals surface area contributed by atoms with E-state index in [0.29, 0.717) is 24.2 Å². The van der Waals surface area contributed by atoms with Gasteiger partial charge in [0.15, 0.2) is 0 Å². The van der Waals surface area contributed by atoms with Crippen LogP contribution < -0.4 is 15.4 Å². The van der Waals surface area contributed by atoms with Crippen LogP contribution in [-0.2, 0) is 19.6 Å². The van der Waals surface area contributed by atoms with E-state index in [1.807, 2.05) is 0 Å². The maximum Gasteiger partial charge on any atom is 0.251 e. The van der Waals surface area contributed by atoms with Crippen LogP contribution in [0.3, 0.4) is 0 Å². The molecule has 0 aromatic carbocycles. The summed E-state index contributed by atoms with van der Waals surface area (Å²) in [6, 6.07) is 0.502. The molecule has 0 radical (unpaired) electrons. The summed E-state index contributed by atoms with van der Waals surface area (Å²) in [7, 11) is -2.15. The average molecular weight is 665 g/mol. The Morgan fingerprint density at radius 2 is 1.72 bits per heavy atom. The molecule has 1 amide bonds. The van der Waals surface area contributed by atoms with E-state index in [0.717, 1.165) is 90.7 Å². The lowest BCUT2D eigenvalue weighted by Gasteiger charge is -2.58. The normalized spacial score (nSPS) is 39.1. The first-order chi connectivity index (χ1) is 21.7. The highest BCUT2D eigenvalue weighted by Gasteiger charge is 2.54. The number of carbonyl (C=O) groups is 1. The van der Waals surface area contributed by atoms with Gasteiger partial charge in [-0.05, 0) is 127 Å². The molecule has 0 aromatic rings. The summed E-state index contributed by atoms with van der Waals surface area (Å²) in [6.07, 6.45) is 11.6.